The van der Waals surface area contributed by atoms with Crippen LogP contribution in [0.25, 0.3) is 10.8 Å². The molecule has 1 aromatic carbocycles. The standard InChI is InChI=1S/C41H56F2N6O9S/c1-23(2)49-34(51)29-16-12-11-15-28(29)33(45-49)58-27-20-30-32(50)44-41(36(53)46-59(56,57)39(7)17-18-39)21-26(41)14-10-9-13-24(3)19-25(4)31(35(52)47(30)22-27)48(37(54)55)38(5,6)40(8,42)43/h10-12,14-16,23-27,30-31H,9,13,17-22H2,1-8H3,(H,44,50)(H,46,53)(H,54,55)/t24-,25-,26-,27-,30+,31+,41-/m1/s1. The Bertz CT molecular complexity index is 2220. The Morgan fingerprint density at radius 1 is 1.08 bits per heavy atom. The summed E-state index contributed by atoms with van der Waals surface area (Å²) in [6.45, 7) is 11.0. The Labute approximate surface area is 342 Å². The van der Waals surface area contributed by atoms with Crippen LogP contribution in [0.5, 0.6) is 5.88 Å². The summed E-state index contributed by atoms with van der Waals surface area (Å²) in [5, 5.41) is 18.6. The number of alkyl halides is 2. The van der Waals surface area contributed by atoms with Crippen molar-refractivity contribution in [1.29, 1.82) is 0 Å². The van der Waals surface area contributed by atoms with Gasteiger partial charge in [-0.05, 0) is 97.1 Å². The molecule has 1 saturated heterocycles. The number of aromatic nitrogens is 2. The van der Waals surface area contributed by atoms with Gasteiger partial charge in [0.25, 0.3) is 17.4 Å². The number of carboxylic acid groups (broad SMARTS) is 1. The van der Waals surface area contributed by atoms with Crippen LogP contribution in [0.2, 0.25) is 0 Å². The Balaban J connectivity index is 1.45. The summed E-state index contributed by atoms with van der Waals surface area (Å²) in [5.41, 5.74) is -4.45. The number of nitrogens with zero attached hydrogens (tertiary/aromatic N) is 4. The number of benzene rings is 1. The molecule has 15 nitrogen and oxygen atoms in total. The molecule has 4 amide bonds. The maximum atomic E-state index is 15.4. The number of sulfonamides is 1. The van der Waals surface area contributed by atoms with Gasteiger partial charge in [-0.1, -0.05) is 38.1 Å². The molecule has 2 saturated carbocycles. The van der Waals surface area contributed by atoms with Crippen LogP contribution >= 0.6 is 0 Å². The molecule has 1 aromatic heterocycles. The lowest BCUT2D eigenvalue weighted by atomic mass is 9.84. The van der Waals surface area contributed by atoms with Crippen molar-refractivity contribution in [2.75, 3.05) is 6.54 Å². The zero-order chi connectivity index (χ0) is 43.6. The molecule has 2 aromatic rings. The second-order valence-electron chi connectivity index (χ2n) is 18.2. The van der Waals surface area contributed by atoms with E-state index in [1.807, 2.05) is 13.0 Å². The average Bonchev–Trinajstić information content (AvgIpc) is 4.02. The second-order valence-corrected chi connectivity index (χ2v) is 20.4. The number of halogens is 2. The van der Waals surface area contributed by atoms with Crippen molar-refractivity contribution in [3.8, 4) is 5.88 Å². The molecule has 2 aliphatic heterocycles. The Morgan fingerprint density at radius 3 is 2.32 bits per heavy atom. The third-order valence-electron chi connectivity index (χ3n) is 12.9. The van der Waals surface area contributed by atoms with Gasteiger partial charge in [0.2, 0.25) is 27.7 Å². The number of allylic oxidation sites excluding steroid dienone is 1. The molecule has 6 rings (SSSR count). The van der Waals surface area contributed by atoms with E-state index in [9.17, 15) is 32.7 Å². The maximum Gasteiger partial charge on any atom is 0.408 e. The van der Waals surface area contributed by atoms with E-state index in [1.165, 1.54) is 11.6 Å². The highest BCUT2D eigenvalue weighted by Crippen LogP contribution is 2.48. The van der Waals surface area contributed by atoms with Crippen molar-refractivity contribution >= 4 is 44.6 Å². The van der Waals surface area contributed by atoms with Gasteiger partial charge in [0.15, 0.2) is 0 Å². The van der Waals surface area contributed by atoms with E-state index in [4.69, 9.17) is 4.74 Å². The number of hydrogen-bond donors (Lipinski definition) is 3. The summed E-state index contributed by atoms with van der Waals surface area (Å²) >= 11 is 0. The quantitative estimate of drug-likeness (QED) is 0.289. The van der Waals surface area contributed by atoms with Crippen LogP contribution in [0.4, 0.5) is 13.6 Å². The van der Waals surface area contributed by atoms with E-state index in [0.717, 1.165) is 18.7 Å². The number of ether oxygens (including phenoxy) is 1. The van der Waals surface area contributed by atoms with E-state index in [1.54, 1.807) is 51.1 Å². The molecule has 3 heterocycles. The van der Waals surface area contributed by atoms with Crippen LogP contribution in [0, 0.1) is 17.8 Å². The zero-order valence-electron chi connectivity index (χ0n) is 34.8. The summed E-state index contributed by atoms with van der Waals surface area (Å²) in [6, 6.07) is 3.15. The minimum Gasteiger partial charge on any atom is -0.471 e. The van der Waals surface area contributed by atoms with Crippen molar-refractivity contribution in [3.63, 3.8) is 0 Å². The van der Waals surface area contributed by atoms with E-state index >= 15 is 13.6 Å². The van der Waals surface area contributed by atoms with Crippen LogP contribution in [-0.4, -0.2) is 103 Å². The van der Waals surface area contributed by atoms with E-state index in [2.05, 4.69) is 15.1 Å². The number of rotatable bonds is 9. The molecule has 0 radical (unpaired) electrons. The van der Waals surface area contributed by atoms with Gasteiger partial charge in [0, 0.05) is 19.3 Å². The summed E-state index contributed by atoms with van der Waals surface area (Å²) in [6.07, 6.45) is 2.80. The molecule has 4 aliphatic rings. The first-order valence-electron chi connectivity index (χ1n) is 20.3. The highest BCUT2D eigenvalue weighted by Gasteiger charge is 2.63. The van der Waals surface area contributed by atoms with Crippen molar-refractivity contribution in [2.45, 2.75) is 146 Å². The third-order valence-corrected chi connectivity index (χ3v) is 15.1. The van der Waals surface area contributed by atoms with Crippen molar-refractivity contribution in [2.24, 2.45) is 17.8 Å². The van der Waals surface area contributed by atoms with Crippen LogP contribution in [0.15, 0.2) is 41.2 Å². The summed E-state index contributed by atoms with van der Waals surface area (Å²) in [4.78, 5) is 71.9. The fraction of sp³-hybridized carbons (Fsp3) is 0.659. The zero-order valence-corrected chi connectivity index (χ0v) is 35.6. The molecule has 18 heteroatoms. The molecule has 3 N–H and O–H groups in total. The van der Waals surface area contributed by atoms with Gasteiger partial charge in [-0.25, -0.2) is 26.7 Å². The first-order valence-corrected chi connectivity index (χ1v) is 21.8. The first-order chi connectivity index (χ1) is 27.3. The number of amides is 4. The van der Waals surface area contributed by atoms with Gasteiger partial charge < -0.3 is 20.1 Å². The largest absolute Gasteiger partial charge is 0.471 e. The Morgan fingerprint density at radius 2 is 1.73 bits per heavy atom. The van der Waals surface area contributed by atoms with Gasteiger partial charge in [0.05, 0.1) is 28.1 Å². The molecule has 0 spiro atoms. The number of hydrogen-bond acceptors (Lipinski definition) is 9. The van der Waals surface area contributed by atoms with Crippen LogP contribution < -0.4 is 20.3 Å². The van der Waals surface area contributed by atoms with Crippen LogP contribution in [0.1, 0.15) is 106 Å². The maximum absolute atomic E-state index is 15.4. The molecule has 7 atom stereocenters. The van der Waals surface area contributed by atoms with E-state index in [-0.39, 0.29) is 49.2 Å². The van der Waals surface area contributed by atoms with Crippen molar-refractivity contribution in [3.05, 3.63) is 46.8 Å². The van der Waals surface area contributed by atoms with Gasteiger partial charge in [-0.15, -0.1) is 5.10 Å². The van der Waals surface area contributed by atoms with Crippen LogP contribution in [0.3, 0.4) is 0 Å². The number of fused-ring (bicyclic) bond motifs is 3. The lowest BCUT2D eigenvalue weighted by Gasteiger charge is -2.47. The molecule has 2 aliphatic carbocycles. The SMILES string of the molecule is CC(C)n1nc(O[C@@H]2C[C@H]3C(=O)N[C@]4(C(=O)NS(=O)(=O)C5(C)CC5)C[C@H]4C=CCC[C@@H](C)C[C@@H](C)[C@H](N(C(=O)O)C(C)(C)C(C)(F)F)C(=O)N3C2)c2ccccc2c1=O. The Hall–Kier alpha value is -4.61. The number of carbonyl (C=O) groups is 4. The molecule has 324 valence electrons. The fourth-order valence-electron chi connectivity index (χ4n) is 8.43. The van der Waals surface area contributed by atoms with E-state index < -0.39 is 85.6 Å². The highest BCUT2D eigenvalue weighted by molar-refractivity contribution is 7.91. The summed E-state index contributed by atoms with van der Waals surface area (Å²) < 4.78 is 66.0. The molecular weight excluding hydrogens is 791 g/mol. The average molecular weight is 847 g/mol. The van der Waals surface area contributed by atoms with E-state index in [0.29, 0.717) is 48.3 Å². The fourth-order valence-corrected chi connectivity index (χ4v) is 9.74. The Kier molecular flexibility index (Phi) is 11.5. The first kappa shape index (κ1) is 44.0. The molecule has 59 heavy (non-hydrogen) atoms. The number of nitrogens with one attached hydrogen (secondary N) is 2. The molecule has 0 bridgehead atoms. The highest BCUT2D eigenvalue weighted by atomic mass is 32.2. The van der Waals surface area contributed by atoms with Gasteiger partial charge in [-0.2, -0.15) is 0 Å². The van der Waals surface area contributed by atoms with Gasteiger partial charge in [-0.3, -0.25) is 28.8 Å². The van der Waals surface area contributed by atoms with Crippen molar-refractivity contribution < 1.29 is 46.2 Å². The second kappa shape index (κ2) is 15.4. The molecule has 3 fully saturated rings. The monoisotopic (exact) mass is 846 g/mol. The predicted molar refractivity (Wildman–Crippen MR) is 214 cm³/mol. The smallest absolute Gasteiger partial charge is 0.408 e. The third kappa shape index (κ3) is 8.17. The van der Waals surface area contributed by atoms with Crippen molar-refractivity contribution in [1.82, 2.24) is 29.6 Å². The topological polar surface area (TPSA) is 197 Å². The van der Waals surface area contributed by atoms with Crippen LogP contribution in [-0.2, 0) is 24.4 Å². The minimum atomic E-state index is -4.11. The summed E-state index contributed by atoms with van der Waals surface area (Å²) in [7, 11) is -4.11. The lowest BCUT2D eigenvalue weighted by Crippen LogP contribution is -2.66. The predicted octanol–water partition coefficient (Wildman–Crippen LogP) is 4.99. The molecule has 0 unspecified atom stereocenters. The lowest BCUT2D eigenvalue weighted by molar-refractivity contribution is -0.156. The normalized spacial score (nSPS) is 28.8. The number of carbonyl (C=O) groups excluding carboxylic acids is 3. The van der Waals surface area contributed by atoms with Gasteiger partial charge in [0.1, 0.15) is 29.3 Å². The molecular formula is C41H56F2N6O9S. The minimum absolute atomic E-state index is 0.0363. The van der Waals surface area contributed by atoms with Gasteiger partial charge >= 0.3 is 6.09 Å². The summed E-state index contributed by atoms with van der Waals surface area (Å²) in [5.74, 6) is -7.76.